The van der Waals surface area contributed by atoms with Crippen molar-refractivity contribution in [3.63, 3.8) is 0 Å². The molecule has 1 aromatic carbocycles. The van der Waals surface area contributed by atoms with Gasteiger partial charge in [-0.15, -0.1) is 0 Å². The zero-order valence-corrected chi connectivity index (χ0v) is 19.7. The molecule has 11 heteroatoms. The summed E-state index contributed by atoms with van der Waals surface area (Å²) in [6.07, 6.45) is 2.97. The van der Waals surface area contributed by atoms with Crippen LogP contribution in [0, 0.1) is 24.5 Å². The minimum absolute atomic E-state index is 0.0711. The lowest BCUT2D eigenvalue weighted by Gasteiger charge is -2.32. The van der Waals surface area contributed by atoms with Crippen molar-refractivity contribution in [1.82, 2.24) is 24.7 Å². The van der Waals surface area contributed by atoms with E-state index >= 15 is 0 Å². The van der Waals surface area contributed by atoms with Gasteiger partial charge in [0.1, 0.15) is 17.3 Å². The number of piperidine rings is 1. The van der Waals surface area contributed by atoms with Gasteiger partial charge in [-0.1, -0.05) is 6.07 Å². The van der Waals surface area contributed by atoms with Gasteiger partial charge < -0.3 is 4.90 Å². The Morgan fingerprint density at radius 1 is 1.14 bits per heavy atom. The molecule has 0 amide bonds. The Balaban J connectivity index is 1.49. The van der Waals surface area contributed by atoms with Gasteiger partial charge in [-0.3, -0.25) is 4.98 Å². The number of anilines is 1. The molecule has 6 nitrogen and oxygen atoms in total. The standard InChI is InChI=1S/C25H23F5N6/c1-14-20(26)17(10-19(21(14)27)25(28,29)30)22-18-12-32-24(33-23(18)35(2)34-22)36-8-4-6-16(13-36)9-15-5-3-7-31-11-15/h3,5,7,10-12,16H,4,6,8-9,13H2,1-2H3. The molecule has 1 aliphatic rings. The normalized spacial score (nSPS) is 16.6. The number of pyridine rings is 1. The van der Waals surface area contributed by atoms with Crippen molar-refractivity contribution in [1.29, 1.82) is 0 Å². The number of alkyl halides is 3. The van der Waals surface area contributed by atoms with Crippen molar-refractivity contribution in [3.8, 4) is 11.3 Å². The number of aryl methyl sites for hydroxylation is 1. The Bertz CT molecular complexity index is 1420. The maximum absolute atomic E-state index is 14.9. The lowest BCUT2D eigenvalue weighted by molar-refractivity contribution is -0.140. The molecule has 1 saturated heterocycles. The third-order valence-electron chi connectivity index (χ3n) is 6.60. The molecule has 4 aromatic rings. The Morgan fingerprint density at radius 3 is 2.67 bits per heavy atom. The predicted molar refractivity (Wildman–Crippen MR) is 124 cm³/mol. The van der Waals surface area contributed by atoms with E-state index in [9.17, 15) is 22.0 Å². The molecule has 0 bridgehead atoms. The molecule has 0 radical (unpaired) electrons. The number of rotatable bonds is 4. The van der Waals surface area contributed by atoms with Crippen LogP contribution in [-0.4, -0.2) is 37.8 Å². The van der Waals surface area contributed by atoms with Crippen LogP contribution in [0.5, 0.6) is 0 Å². The molecule has 1 fully saturated rings. The predicted octanol–water partition coefficient (Wildman–Crippen LogP) is 5.49. The fourth-order valence-electron chi connectivity index (χ4n) is 4.80. The van der Waals surface area contributed by atoms with E-state index in [0.717, 1.165) is 44.8 Å². The summed E-state index contributed by atoms with van der Waals surface area (Å²) in [4.78, 5) is 15.3. The average Bonchev–Trinajstić information content (AvgIpc) is 3.18. The fourth-order valence-corrected chi connectivity index (χ4v) is 4.80. The van der Waals surface area contributed by atoms with Crippen LogP contribution in [0.3, 0.4) is 0 Å². The molecule has 188 valence electrons. The lowest BCUT2D eigenvalue weighted by atomic mass is 9.92. The Morgan fingerprint density at radius 2 is 1.94 bits per heavy atom. The van der Waals surface area contributed by atoms with E-state index < -0.39 is 34.5 Å². The number of hydrogen-bond acceptors (Lipinski definition) is 5. The molecule has 3 aromatic heterocycles. The van der Waals surface area contributed by atoms with Crippen molar-refractivity contribution < 1.29 is 22.0 Å². The van der Waals surface area contributed by atoms with Crippen LogP contribution in [0.4, 0.5) is 27.9 Å². The molecular weight excluding hydrogens is 479 g/mol. The molecule has 5 rings (SSSR count). The topological polar surface area (TPSA) is 59.7 Å². The first-order valence-electron chi connectivity index (χ1n) is 11.5. The van der Waals surface area contributed by atoms with Gasteiger partial charge in [-0.05, 0) is 49.8 Å². The highest BCUT2D eigenvalue weighted by Gasteiger charge is 2.37. The Hall–Kier alpha value is -3.63. The first kappa shape index (κ1) is 24.1. The van der Waals surface area contributed by atoms with Crippen LogP contribution in [-0.2, 0) is 19.6 Å². The number of fused-ring (bicyclic) bond motifs is 1. The van der Waals surface area contributed by atoms with Crippen LogP contribution < -0.4 is 4.90 Å². The largest absolute Gasteiger partial charge is 0.419 e. The summed E-state index contributed by atoms with van der Waals surface area (Å²) in [6.45, 7) is 2.48. The summed E-state index contributed by atoms with van der Waals surface area (Å²) in [5.74, 6) is -1.87. The van der Waals surface area contributed by atoms with Gasteiger partial charge in [0.05, 0.1) is 10.9 Å². The van der Waals surface area contributed by atoms with Gasteiger partial charge in [0, 0.05) is 49.9 Å². The molecule has 0 spiro atoms. The summed E-state index contributed by atoms with van der Waals surface area (Å²) in [5.41, 5.74) is -1.27. The maximum atomic E-state index is 14.9. The van der Waals surface area contributed by atoms with Gasteiger partial charge in [-0.25, -0.2) is 18.4 Å². The van der Waals surface area contributed by atoms with Gasteiger partial charge in [0.15, 0.2) is 5.65 Å². The average molecular weight is 502 g/mol. The van der Waals surface area contributed by atoms with E-state index in [4.69, 9.17) is 0 Å². The minimum Gasteiger partial charge on any atom is -0.340 e. The minimum atomic E-state index is -4.98. The third kappa shape index (κ3) is 4.38. The second-order valence-electron chi connectivity index (χ2n) is 9.12. The van der Waals surface area contributed by atoms with Crippen LogP contribution >= 0.6 is 0 Å². The molecular formula is C25H23F5N6. The highest BCUT2D eigenvalue weighted by Crippen LogP contribution is 2.39. The van der Waals surface area contributed by atoms with Crippen LogP contribution in [0.1, 0.15) is 29.5 Å². The first-order chi connectivity index (χ1) is 17.1. The van der Waals surface area contributed by atoms with E-state index in [2.05, 4.69) is 25.0 Å². The molecule has 1 atom stereocenters. The summed E-state index contributed by atoms with van der Waals surface area (Å²) in [5, 5.41) is 4.51. The SMILES string of the molecule is Cc1c(F)c(-c2nn(C)c3nc(N4CCCC(Cc5cccnc5)C4)ncc23)cc(C(F)(F)F)c1F. The summed E-state index contributed by atoms with van der Waals surface area (Å²) in [7, 11) is 1.57. The van der Waals surface area contributed by atoms with Crippen molar-refractivity contribution in [3.05, 3.63) is 65.1 Å². The smallest absolute Gasteiger partial charge is 0.340 e. The molecule has 1 unspecified atom stereocenters. The molecule has 0 saturated carbocycles. The zero-order chi connectivity index (χ0) is 25.6. The number of aromatic nitrogens is 5. The van der Waals surface area contributed by atoms with Crippen LogP contribution in [0.2, 0.25) is 0 Å². The molecule has 0 aliphatic carbocycles. The summed E-state index contributed by atoms with van der Waals surface area (Å²) >= 11 is 0. The van der Waals surface area contributed by atoms with Crippen molar-refractivity contribution in [2.75, 3.05) is 18.0 Å². The van der Waals surface area contributed by atoms with Gasteiger partial charge in [0.2, 0.25) is 5.95 Å². The van der Waals surface area contributed by atoms with Crippen molar-refractivity contribution in [2.45, 2.75) is 32.4 Å². The lowest BCUT2D eigenvalue weighted by Crippen LogP contribution is -2.37. The maximum Gasteiger partial charge on any atom is 0.419 e. The number of nitrogens with zero attached hydrogens (tertiary/aromatic N) is 6. The van der Waals surface area contributed by atoms with E-state index in [1.807, 2.05) is 18.3 Å². The molecule has 36 heavy (non-hydrogen) atoms. The van der Waals surface area contributed by atoms with Crippen molar-refractivity contribution >= 4 is 17.0 Å². The van der Waals surface area contributed by atoms with E-state index in [-0.39, 0.29) is 11.1 Å². The quantitative estimate of drug-likeness (QED) is 0.346. The van der Waals surface area contributed by atoms with Crippen LogP contribution in [0.15, 0.2) is 36.8 Å². The van der Waals surface area contributed by atoms with Gasteiger partial charge >= 0.3 is 6.18 Å². The Kier molecular flexibility index (Phi) is 6.09. The number of hydrogen-bond donors (Lipinski definition) is 0. The number of benzene rings is 1. The second-order valence-corrected chi connectivity index (χ2v) is 9.12. The van der Waals surface area contributed by atoms with Crippen LogP contribution in [0.25, 0.3) is 22.3 Å². The summed E-state index contributed by atoms with van der Waals surface area (Å²) in [6, 6.07) is 4.42. The highest BCUT2D eigenvalue weighted by molar-refractivity contribution is 5.91. The van der Waals surface area contributed by atoms with E-state index in [1.54, 1.807) is 13.2 Å². The molecule has 0 N–H and O–H groups in total. The van der Waals surface area contributed by atoms with E-state index in [1.165, 1.54) is 10.9 Å². The summed E-state index contributed by atoms with van der Waals surface area (Å²) < 4.78 is 70.6. The second kappa shape index (κ2) is 9.11. The van der Waals surface area contributed by atoms with Crippen molar-refractivity contribution in [2.24, 2.45) is 13.0 Å². The van der Waals surface area contributed by atoms with Gasteiger partial charge in [-0.2, -0.15) is 23.3 Å². The molecule has 4 heterocycles. The fraction of sp³-hybridized carbons (Fsp3) is 0.360. The first-order valence-corrected chi connectivity index (χ1v) is 11.5. The van der Waals surface area contributed by atoms with E-state index in [0.29, 0.717) is 23.6 Å². The monoisotopic (exact) mass is 502 g/mol. The zero-order valence-electron chi connectivity index (χ0n) is 19.7. The molecule has 1 aliphatic heterocycles. The number of halogens is 5. The Labute approximate surface area is 203 Å². The van der Waals surface area contributed by atoms with Gasteiger partial charge in [0.25, 0.3) is 0 Å². The highest BCUT2D eigenvalue weighted by atomic mass is 19.4. The third-order valence-corrected chi connectivity index (χ3v) is 6.60.